The molecule has 4 aromatic rings. The Hall–Kier alpha value is -4.34. The van der Waals surface area contributed by atoms with Gasteiger partial charge in [0.2, 0.25) is 5.88 Å². The first kappa shape index (κ1) is 23.4. The van der Waals surface area contributed by atoms with Gasteiger partial charge in [-0.2, -0.15) is 5.26 Å². The molecule has 5 rings (SSSR count). The molecule has 0 bridgehead atoms. The maximum Gasteiger partial charge on any atom is 0.323 e. The molecule has 0 amide bonds. The Balaban J connectivity index is 1.49. The first-order valence-corrected chi connectivity index (χ1v) is 12.1. The van der Waals surface area contributed by atoms with Crippen LogP contribution in [-0.4, -0.2) is 5.97 Å². The lowest BCUT2D eigenvalue weighted by molar-refractivity contribution is -0.135. The first-order chi connectivity index (χ1) is 17.5. The predicted molar refractivity (Wildman–Crippen MR) is 140 cm³/mol. The molecule has 1 aliphatic heterocycles. The van der Waals surface area contributed by atoms with Gasteiger partial charge in [0.15, 0.2) is 0 Å². The summed E-state index contributed by atoms with van der Waals surface area (Å²) in [4.78, 5) is 13.4. The summed E-state index contributed by atoms with van der Waals surface area (Å²) in [6.45, 7) is 0. The number of nitriles is 1. The molecule has 0 saturated carbocycles. The molecule has 1 unspecified atom stereocenters. The summed E-state index contributed by atoms with van der Waals surface area (Å²) in [7, 11) is 0. The molecule has 1 atom stereocenters. The highest BCUT2D eigenvalue weighted by molar-refractivity contribution is 9.10. The summed E-state index contributed by atoms with van der Waals surface area (Å²) in [5.74, 6) is -0.594. The number of esters is 1. The normalized spacial score (nSPS) is 14.5. The Morgan fingerprint density at radius 1 is 0.917 bits per heavy atom. The van der Waals surface area contributed by atoms with Gasteiger partial charge in [-0.15, -0.1) is 0 Å². The van der Waals surface area contributed by atoms with Gasteiger partial charge < -0.3 is 15.2 Å². The number of allylic oxidation sites excluding steroid dienone is 1. The summed E-state index contributed by atoms with van der Waals surface area (Å²) in [5.41, 5.74) is 9.80. The molecular formula is C30H21BrN2O3. The lowest BCUT2D eigenvalue weighted by Crippen LogP contribution is -2.22. The quantitative estimate of drug-likeness (QED) is 0.235. The third-order valence-electron chi connectivity index (χ3n) is 6.09. The topological polar surface area (TPSA) is 85.3 Å². The SMILES string of the molecule is N#CC1=C(N)Oc2cc(OC(=O)C(c3ccccc3)c3ccccc3)ccc2C1c1cccc(Br)c1. The van der Waals surface area contributed by atoms with Crippen LogP contribution in [0.3, 0.4) is 0 Å². The van der Waals surface area contributed by atoms with Crippen molar-refractivity contribution in [2.24, 2.45) is 5.73 Å². The molecule has 176 valence electrons. The number of carbonyl (C=O) groups excluding carboxylic acids is 1. The highest BCUT2D eigenvalue weighted by Gasteiger charge is 2.32. The average molecular weight is 537 g/mol. The first-order valence-electron chi connectivity index (χ1n) is 11.3. The van der Waals surface area contributed by atoms with Crippen LogP contribution in [-0.2, 0) is 4.79 Å². The van der Waals surface area contributed by atoms with Crippen LogP contribution < -0.4 is 15.2 Å². The fraction of sp³-hybridized carbons (Fsp3) is 0.0667. The van der Waals surface area contributed by atoms with Crippen molar-refractivity contribution in [3.63, 3.8) is 0 Å². The van der Waals surface area contributed by atoms with Crippen LogP contribution in [0.1, 0.15) is 34.1 Å². The van der Waals surface area contributed by atoms with E-state index in [0.29, 0.717) is 17.1 Å². The molecule has 5 nitrogen and oxygen atoms in total. The summed E-state index contributed by atoms with van der Waals surface area (Å²) in [6, 6.07) is 34.1. The summed E-state index contributed by atoms with van der Waals surface area (Å²) in [6.07, 6.45) is 0. The van der Waals surface area contributed by atoms with Crippen molar-refractivity contribution in [1.29, 1.82) is 5.26 Å². The van der Waals surface area contributed by atoms with Gasteiger partial charge in [-0.1, -0.05) is 94.8 Å². The minimum atomic E-state index is -0.589. The molecule has 36 heavy (non-hydrogen) atoms. The van der Waals surface area contributed by atoms with E-state index in [1.165, 1.54) is 0 Å². The number of hydrogen-bond donors (Lipinski definition) is 1. The average Bonchev–Trinajstić information content (AvgIpc) is 2.89. The highest BCUT2D eigenvalue weighted by Crippen LogP contribution is 2.44. The van der Waals surface area contributed by atoms with Crippen LogP contribution in [0, 0.1) is 11.3 Å². The summed E-state index contributed by atoms with van der Waals surface area (Å²) < 4.78 is 12.5. The predicted octanol–water partition coefficient (Wildman–Crippen LogP) is 6.40. The zero-order chi connectivity index (χ0) is 25.1. The maximum absolute atomic E-state index is 13.4. The van der Waals surface area contributed by atoms with Crippen molar-refractivity contribution in [2.75, 3.05) is 0 Å². The number of hydrogen-bond acceptors (Lipinski definition) is 5. The zero-order valence-electron chi connectivity index (χ0n) is 19.1. The molecule has 1 aliphatic rings. The van der Waals surface area contributed by atoms with Crippen molar-refractivity contribution in [2.45, 2.75) is 11.8 Å². The maximum atomic E-state index is 13.4. The Morgan fingerprint density at radius 2 is 1.58 bits per heavy atom. The van der Waals surface area contributed by atoms with Crippen LogP contribution in [0.4, 0.5) is 0 Å². The van der Waals surface area contributed by atoms with E-state index in [1.807, 2.05) is 91.0 Å². The van der Waals surface area contributed by atoms with Gasteiger partial charge in [-0.25, -0.2) is 0 Å². The number of halogens is 1. The van der Waals surface area contributed by atoms with Gasteiger partial charge in [-0.3, -0.25) is 4.79 Å². The minimum Gasteiger partial charge on any atom is -0.440 e. The van der Waals surface area contributed by atoms with E-state index in [1.54, 1.807) is 12.1 Å². The van der Waals surface area contributed by atoms with Crippen molar-refractivity contribution in [3.05, 3.63) is 141 Å². The van der Waals surface area contributed by atoms with Gasteiger partial charge in [0.1, 0.15) is 29.1 Å². The molecule has 2 N–H and O–H groups in total. The molecule has 0 fully saturated rings. The van der Waals surface area contributed by atoms with Crippen LogP contribution in [0.15, 0.2) is 119 Å². The van der Waals surface area contributed by atoms with Gasteiger partial charge in [-0.05, 0) is 34.9 Å². The number of ether oxygens (including phenoxy) is 2. The number of fused-ring (bicyclic) bond motifs is 1. The number of nitrogens with two attached hydrogens (primary N) is 1. The van der Waals surface area contributed by atoms with Gasteiger partial charge in [0.25, 0.3) is 0 Å². The molecule has 0 aromatic heterocycles. The highest BCUT2D eigenvalue weighted by atomic mass is 79.9. The summed E-state index contributed by atoms with van der Waals surface area (Å²) in [5, 5.41) is 9.79. The molecule has 4 aromatic carbocycles. The van der Waals surface area contributed by atoms with Gasteiger partial charge in [0.05, 0.1) is 5.92 Å². The van der Waals surface area contributed by atoms with E-state index >= 15 is 0 Å². The van der Waals surface area contributed by atoms with Crippen molar-refractivity contribution in [3.8, 4) is 17.6 Å². The van der Waals surface area contributed by atoms with E-state index in [4.69, 9.17) is 15.2 Å². The number of carbonyl (C=O) groups is 1. The molecule has 0 saturated heterocycles. The van der Waals surface area contributed by atoms with Gasteiger partial charge >= 0.3 is 5.97 Å². The fourth-order valence-electron chi connectivity index (χ4n) is 4.46. The standard InChI is InChI=1S/C30H21BrN2O3/c31-22-13-7-12-21(16-22)28-24-15-14-23(17-26(24)36-29(33)25(28)18-32)35-30(34)27(19-8-3-1-4-9-19)20-10-5-2-6-11-20/h1-17,27-28H,33H2. The van der Waals surface area contributed by atoms with E-state index in [-0.39, 0.29) is 5.88 Å². The van der Waals surface area contributed by atoms with E-state index in [2.05, 4.69) is 22.0 Å². The lowest BCUT2D eigenvalue weighted by atomic mass is 9.83. The Kier molecular flexibility index (Phi) is 6.57. The zero-order valence-corrected chi connectivity index (χ0v) is 20.7. The molecule has 0 spiro atoms. The number of rotatable bonds is 5. The van der Waals surface area contributed by atoms with Gasteiger partial charge in [0, 0.05) is 16.1 Å². The van der Waals surface area contributed by atoms with Crippen LogP contribution >= 0.6 is 15.9 Å². The second kappa shape index (κ2) is 10.1. The second-order valence-electron chi connectivity index (χ2n) is 8.35. The van der Waals surface area contributed by atoms with E-state index < -0.39 is 17.8 Å². The number of nitrogens with zero attached hydrogens (tertiary/aromatic N) is 1. The smallest absolute Gasteiger partial charge is 0.323 e. The van der Waals surface area contributed by atoms with E-state index in [0.717, 1.165) is 26.7 Å². The van der Waals surface area contributed by atoms with Crippen molar-refractivity contribution < 1.29 is 14.3 Å². The molecule has 0 aliphatic carbocycles. The third-order valence-corrected chi connectivity index (χ3v) is 6.59. The third kappa shape index (κ3) is 4.61. The molecule has 0 radical (unpaired) electrons. The Morgan fingerprint density at radius 3 is 2.19 bits per heavy atom. The number of benzene rings is 4. The van der Waals surface area contributed by atoms with Crippen LogP contribution in [0.25, 0.3) is 0 Å². The van der Waals surface area contributed by atoms with Crippen molar-refractivity contribution >= 4 is 21.9 Å². The monoisotopic (exact) mass is 536 g/mol. The Labute approximate surface area is 217 Å². The Bertz CT molecular complexity index is 1450. The molecule has 1 heterocycles. The fourth-order valence-corrected chi connectivity index (χ4v) is 4.88. The summed E-state index contributed by atoms with van der Waals surface area (Å²) >= 11 is 3.50. The van der Waals surface area contributed by atoms with E-state index in [9.17, 15) is 10.1 Å². The van der Waals surface area contributed by atoms with Crippen LogP contribution in [0.5, 0.6) is 11.5 Å². The minimum absolute atomic E-state index is 0.0323. The van der Waals surface area contributed by atoms with Crippen LogP contribution in [0.2, 0.25) is 0 Å². The second-order valence-corrected chi connectivity index (χ2v) is 9.27. The van der Waals surface area contributed by atoms with Crippen molar-refractivity contribution in [1.82, 2.24) is 0 Å². The molecular weight excluding hydrogens is 516 g/mol. The molecule has 6 heteroatoms. The lowest BCUT2D eigenvalue weighted by Gasteiger charge is -2.27. The largest absolute Gasteiger partial charge is 0.440 e.